The van der Waals surface area contributed by atoms with Gasteiger partial charge in [0.25, 0.3) is 0 Å². The summed E-state index contributed by atoms with van der Waals surface area (Å²) in [6, 6.07) is 8.89. The molecular weight excluding hydrogens is 283 g/mol. The molecule has 1 N–H and O–H groups in total. The van der Waals surface area contributed by atoms with Crippen LogP contribution in [0.25, 0.3) is 0 Å². The van der Waals surface area contributed by atoms with Gasteiger partial charge in [-0.3, -0.25) is 4.98 Å². The molecule has 0 spiro atoms. The minimum absolute atomic E-state index is 0.246. The van der Waals surface area contributed by atoms with Gasteiger partial charge in [0.05, 0.1) is 4.47 Å². The maximum Gasteiger partial charge on any atom is 0.137 e. The van der Waals surface area contributed by atoms with E-state index in [1.54, 1.807) is 24.5 Å². The Balaban J connectivity index is 1.88. The number of pyridine rings is 1. The van der Waals surface area contributed by atoms with Gasteiger partial charge < -0.3 is 5.32 Å². The smallest absolute Gasteiger partial charge is 0.137 e. The minimum Gasteiger partial charge on any atom is -0.385 e. The van der Waals surface area contributed by atoms with Gasteiger partial charge in [-0.1, -0.05) is 0 Å². The summed E-state index contributed by atoms with van der Waals surface area (Å²) < 4.78 is 13.5. The van der Waals surface area contributed by atoms with E-state index in [1.165, 1.54) is 11.6 Å². The highest BCUT2D eigenvalue weighted by molar-refractivity contribution is 9.10. The first-order valence-corrected chi connectivity index (χ1v) is 6.13. The van der Waals surface area contributed by atoms with Gasteiger partial charge >= 0.3 is 0 Å². The molecule has 0 bridgehead atoms. The summed E-state index contributed by atoms with van der Waals surface area (Å²) in [5.74, 6) is -0.246. The number of hydrogen-bond acceptors (Lipinski definition) is 2. The first-order valence-electron chi connectivity index (χ1n) is 5.33. The van der Waals surface area contributed by atoms with Crippen molar-refractivity contribution in [2.45, 2.75) is 6.42 Å². The molecule has 0 amide bonds. The van der Waals surface area contributed by atoms with Gasteiger partial charge in [-0.25, -0.2) is 4.39 Å². The van der Waals surface area contributed by atoms with Crippen molar-refractivity contribution < 1.29 is 4.39 Å². The van der Waals surface area contributed by atoms with Gasteiger partial charge in [0.2, 0.25) is 0 Å². The zero-order valence-corrected chi connectivity index (χ0v) is 10.7. The molecule has 0 aliphatic rings. The summed E-state index contributed by atoms with van der Waals surface area (Å²) in [7, 11) is 0. The third kappa shape index (κ3) is 3.53. The summed E-state index contributed by atoms with van der Waals surface area (Å²) in [5.41, 5.74) is 2.14. The molecule has 2 rings (SSSR count). The number of rotatable bonds is 4. The van der Waals surface area contributed by atoms with Crippen molar-refractivity contribution in [1.29, 1.82) is 0 Å². The van der Waals surface area contributed by atoms with Crippen LogP contribution in [0.1, 0.15) is 5.56 Å². The van der Waals surface area contributed by atoms with Crippen LogP contribution < -0.4 is 5.32 Å². The third-order valence-corrected chi connectivity index (χ3v) is 3.02. The Morgan fingerprint density at radius 3 is 2.65 bits per heavy atom. The molecule has 2 aromatic rings. The molecule has 0 aliphatic carbocycles. The predicted molar refractivity (Wildman–Crippen MR) is 70.5 cm³/mol. The second-order valence-electron chi connectivity index (χ2n) is 3.66. The van der Waals surface area contributed by atoms with Gasteiger partial charge in [-0.05, 0) is 58.2 Å². The predicted octanol–water partition coefficient (Wildman–Crippen LogP) is 3.64. The second-order valence-corrected chi connectivity index (χ2v) is 4.52. The Labute approximate surface area is 108 Å². The van der Waals surface area contributed by atoms with Crippen LogP contribution in [0, 0.1) is 5.82 Å². The summed E-state index contributed by atoms with van der Waals surface area (Å²) in [6.45, 7) is 0.808. The molecule has 0 saturated heterocycles. The quantitative estimate of drug-likeness (QED) is 0.931. The van der Waals surface area contributed by atoms with E-state index in [-0.39, 0.29) is 5.82 Å². The fourth-order valence-corrected chi connectivity index (χ4v) is 1.89. The van der Waals surface area contributed by atoms with Crippen molar-refractivity contribution in [2.75, 3.05) is 11.9 Å². The summed E-state index contributed by atoms with van der Waals surface area (Å²) in [4.78, 5) is 3.96. The standard InChI is InChI=1S/C13H12BrFN2/c14-12-9-11(1-2-13(12)15)17-8-5-10-3-6-16-7-4-10/h1-4,6-7,9,17H,5,8H2. The van der Waals surface area contributed by atoms with Crippen LogP contribution in [0.5, 0.6) is 0 Å². The van der Waals surface area contributed by atoms with E-state index in [0.717, 1.165) is 18.7 Å². The van der Waals surface area contributed by atoms with Crippen LogP contribution >= 0.6 is 15.9 Å². The number of anilines is 1. The van der Waals surface area contributed by atoms with Crippen molar-refractivity contribution >= 4 is 21.6 Å². The summed E-state index contributed by atoms with van der Waals surface area (Å²) in [5, 5.41) is 3.24. The average molecular weight is 295 g/mol. The Hall–Kier alpha value is -1.42. The average Bonchev–Trinajstić information content (AvgIpc) is 2.35. The Kier molecular flexibility index (Phi) is 4.09. The highest BCUT2D eigenvalue weighted by Crippen LogP contribution is 2.19. The van der Waals surface area contributed by atoms with E-state index in [1.807, 2.05) is 12.1 Å². The van der Waals surface area contributed by atoms with E-state index in [2.05, 4.69) is 26.2 Å². The van der Waals surface area contributed by atoms with Crippen molar-refractivity contribution in [3.63, 3.8) is 0 Å². The lowest BCUT2D eigenvalue weighted by Gasteiger charge is -2.07. The molecule has 4 heteroatoms. The van der Waals surface area contributed by atoms with E-state index in [4.69, 9.17) is 0 Å². The van der Waals surface area contributed by atoms with E-state index < -0.39 is 0 Å². The highest BCUT2D eigenvalue weighted by atomic mass is 79.9. The zero-order valence-electron chi connectivity index (χ0n) is 9.16. The second kappa shape index (κ2) is 5.77. The van der Waals surface area contributed by atoms with E-state index in [0.29, 0.717) is 4.47 Å². The Bertz CT molecular complexity index is 488. The lowest BCUT2D eigenvalue weighted by atomic mass is 10.2. The molecule has 88 valence electrons. The SMILES string of the molecule is Fc1ccc(NCCc2ccncc2)cc1Br. The molecule has 1 aromatic heterocycles. The molecule has 0 aliphatic heterocycles. The fourth-order valence-electron chi connectivity index (χ4n) is 1.51. The molecule has 0 unspecified atom stereocenters. The van der Waals surface area contributed by atoms with Gasteiger partial charge in [-0.2, -0.15) is 0 Å². The monoisotopic (exact) mass is 294 g/mol. The molecule has 0 fully saturated rings. The van der Waals surface area contributed by atoms with Gasteiger partial charge in [0.1, 0.15) is 5.82 Å². The van der Waals surface area contributed by atoms with Crippen LogP contribution in [-0.4, -0.2) is 11.5 Å². The Morgan fingerprint density at radius 2 is 1.94 bits per heavy atom. The van der Waals surface area contributed by atoms with Gasteiger partial charge in [-0.15, -0.1) is 0 Å². The molecule has 1 aromatic carbocycles. The number of nitrogens with one attached hydrogen (secondary N) is 1. The largest absolute Gasteiger partial charge is 0.385 e. The van der Waals surface area contributed by atoms with E-state index in [9.17, 15) is 4.39 Å². The molecule has 0 radical (unpaired) electrons. The maximum absolute atomic E-state index is 13.0. The summed E-state index contributed by atoms with van der Waals surface area (Å²) in [6.07, 6.45) is 4.48. The molecule has 0 saturated carbocycles. The van der Waals surface area contributed by atoms with Crippen LogP contribution in [-0.2, 0) is 6.42 Å². The van der Waals surface area contributed by atoms with Crippen LogP contribution in [0.15, 0.2) is 47.2 Å². The lowest BCUT2D eigenvalue weighted by molar-refractivity contribution is 0.621. The molecule has 1 heterocycles. The molecule has 17 heavy (non-hydrogen) atoms. The van der Waals surface area contributed by atoms with Crippen LogP contribution in [0.2, 0.25) is 0 Å². The topological polar surface area (TPSA) is 24.9 Å². The van der Waals surface area contributed by atoms with Crippen molar-refractivity contribution in [3.8, 4) is 0 Å². The highest BCUT2D eigenvalue weighted by Gasteiger charge is 1.99. The first-order chi connectivity index (χ1) is 8.25. The summed E-state index contributed by atoms with van der Waals surface area (Å²) >= 11 is 3.16. The third-order valence-electron chi connectivity index (χ3n) is 2.41. The first kappa shape index (κ1) is 12.0. The van der Waals surface area contributed by atoms with Crippen LogP contribution in [0.3, 0.4) is 0 Å². The fraction of sp³-hybridized carbons (Fsp3) is 0.154. The van der Waals surface area contributed by atoms with Crippen molar-refractivity contribution in [1.82, 2.24) is 4.98 Å². The molecule has 0 atom stereocenters. The number of halogens is 2. The number of benzene rings is 1. The van der Waals surface area contributed by atoms with Gasteiger partial charge in [0.15, 0.2) is 0 Å². The Morgan fingerprint density at radius 1 is 1.18 bits per heavy atom. The van der Waals surface area contributed by atoms with E-state index >= 15 is 0 Å². The molecular formula is C13H12BrFN2. The van der Waals surface area contributed by atoms with Gasteiger partial charge in [0, 0.05) is 24.6 Å². The maximum atomic E-state index is 13.0. The molecule has 2 nitrogen and oxygen atoms in total. The number of hydrogen-bond donors (Lipinski definition) is 1. The zero-order chi connectivity index (χ0) is 12.1. The van der Waals surface area contributed by atoms with Crippen molar-refractivity contribution in [3.05, 3.63) is 58.6 Å². The normalized spacial score (nSPS) is 10.2. The van der Waals surface area contributed by atoms with Crippen LogP contribution in [0.4, 0.5) is 10.1 Å². The van der Waals surface area contributed by atoms with Crippen molar-refractivity contribution in [2.24, 2.45) is 0 Å². The number of nitrogens with zero attached hydrogens (tertiary/aromatic N) is 1. The lowest BCUT2D eigenvalue weighted by Crippen LogP contribution is -2.04. The minimum atomic E-state index is -0.246. The number of aromatic nitrogens is 1.